The van der Waals surface area contributed by atoms with Crippen LogP contribution in [0.25, 0.3) is 0 Å². The maximum Gasteiger partial charge on any atom is 0.351 e. The van der Waals surface area contributed by atoms with Gasteiger partial charge in [-0.1, -0.05) is 42.1 Å². The Kier molecular flexibility index (Phi) is 7.39. The van der Waals surface area contributed by atoms with Gasteiger partial charge in [-0.05, 0) is 29.8 Å². The molecule has 0 saturated carbocycles. The normalized spacial score (nSPS) is 18.0. The summed E-state index contributed by atoms with van der Waals surface area (Å²) in [6, 6.07) is 15.8. The van der Waals surface area contributed by atoms with Crippen LogP contribution in [0, 0.1) is 0 Å². The Balaban J connectivity index is 1.63. The monoisotopic (exact) mass is 441 g/mol. The lowest BCUT2D eigenvalue weighted by Gasteiger charge is -2.17. The van der Waals surface area contributed by atoms with E-state index in [9.17, 15) is 14.4 Å². The lowest BCUT2D eigenvalue weighted by molar-refractivity contribution is -0.149. The minimum absolute atomic E-state index is 0.247. The first-order valence-electron chi connectivity index (χ1n) is 9.16. The number of ether oxygens (including phenoxy) is 2. The standard InChI is InChI=1S/C21H19N3O6S/c1-29-20(28)18(14-5-3-2-4-6-14)30-15-9-7-13(8-10-15)12-22-24-21-23-19(27)16(31-21)11-17(25)26/h2-10,12,16,18H,11H2,1H3,(H,25,26)(H,23,24,27). The first-order valence-corrected chi connectivity index (χ1v) is 10.0. The SMILES string of the molecule is COC(=O)C(Oc1ccc(C=NN=C2NC(=O)C(CC(=O)O)S2)cc1)c1ccccc1. The predicted molar refractivity (Wildman–Crippen MR) is 115 cm³/mol. The fraction of sp³-hybridized carbons (Fsp3) is 0.190. The lowest BCUT2D eigenvalue weighted by Crippen LogP contribution is -2.26. The number of hydrogen-bond acceptors (Lipinski definition) is 8. The molecule has 0 bridgehead atoms. The van der Waals surface area contributed by atoms with E-state index in [0.717, 1.165) is 11.8 Å². The van der Waals surface area contributed by atoms with Gasteiger partial charge < -0.3 is 19.9 Å². The summed E-state index contributed by atoms with van der Waals surface area (Å²) >= 11 is 1.03. The Bertz CT molecular complexity index is 1010. The molecule has 1 fully saturated rings. The zero-order chi connectivity index (χ0) is 22.2. The molecule has 2 N–H and O–H groups in total. The molecule has 0 spiro atoms. The number of nitrogens with one attached hydrogen (secondary N) is 1. The minimum Gasteiger partial charge on any atom is -0.481 e. The molecule has 1 aliphatic rings. The molecule has 2 unspecified atom stereocenters. The minimum atomic E-state index is -1.05. The van der Waals surface area contributed by atoms with Crippen molar-refractivity contribution >= 4 is 41.0 Å². The summed E-state index contributed by atoms with van der Waals surface area (Å²) in [5.74, 6) is -1.49. The second-order valence-corrected chi connectivity index (χ2v) is 7.54. The van der Waals surface area contributed by atoms with Crippen LogP contribution in [-0.2, 0) is 19.1 Å². The Hall–Kier alpha value is -3.66. The average Bonchev–Trinajstić information content (AvgIpc) is 3.11. The smallest absolute Gasteiger partial charge is 0.351 e. The molecule has 0 aromatic heterocycles. The van der Waals surface area contributed by atoms with Crippen LogP contribution >= 0.6 is 11.8 Å². The van der Waals surface area contributed by atoms with Gasteiger partial charge in [0.25, 0.3) is 0 Å². The van der Waals surface area contributed by atoms with E-state index >= 15 is 0 Å². The number of thioether (sulfide) groups is 1. The highest BCUT2D eigenvalue weighted by atomic mass is 32.2. The fourth-order valence-corrected chi connectivity index (χ4v) is 3.56. The summed E-state index contributed by atoms with van der Waals surface area (Å²) in [4.78, 5) is 34.5. The van der Waals surface area contributed by atoms with Crippen LogP contribution in [0.2, 0.25) is 0 Å². The number of rotatable bonds is 8. The Labute approximate surface area is 182 Å². The number of carbonyl (C=O) groups is 3. The van der Waals surface area contributed by atoms with Gasteiger partial charge in [0, 0.05) is 5.56 Å². The van der Waals surface area contributed by atoms with Crippen LogP contribution in [0.5, 0.6) is 5.75 Å². The largest absolute Gasteiger partial charge is 0.481 e. The quantitative estimate of drug-likeness (QED) is 0.366. The van der Waals surface area contributed by atoms with E-state index in [1.165, 1.54) is 13.3 Å². The van der Waals surface area contributed by atoms with E-state index in [1.807, 2.05) is 18.2 Å². The Morgan fingerprint density at radius 1 is 1.19 bits per heavy atom. The Morgan fingerprint density at radius 2 is 1.90 bits per heavy atom. The van der Waals surface area contributed by atoms with Gasteiger partial charge in [-0.2, -0.15) is 5.10 Å². The highest BCUT2D eigenvalue weighted by Gasteiger charge is 2.32. The predicted octanol–water partition coefficient (Wildman–Crippen LogP) is 2.38. The number of carbonyl (C=O) groups excluding carboxylic acids is 2. The van der Waals surface area contributed by atoms with Crippen molar-refractivity contribution in [1.29, 1.82) is 0 Å². The summed E-state index contributed by atoms with van der Waals surface area (Å²) in [6.07, 6.45) is 0.304. The number of carboxylic acid groups (broad SMARTS) is 1. The lowest BCUT2D eigenvalue weighted by atomic mass is 10.1. The van der Waals surface area contributed by atoms with E-state index < -0.39 is 29.2 Å². The van der Waals surface area contributed by atoms with Crippen LogP contribution in [-0.4, -0.2) is 46.7 Å². The van der Waals surface area contributed by atoms with E-state index in [1.54, 1.807) is 36.4 Å². The molecule has 3 rings (SSSR count). The van der Waals surface area contributed by atoms with Gasteiger partial charge >= 0.3 is 11.9 Å². The molecule has 31 heavy (non-hydrogen) atoms. The van der Waals surface area contributed by atoms with Gasteiger partial charge in [-0.3, -0.25) is 9.59 Å². The molecule has 0 aliphatic carbocycles. The number of nitrogens with zero attached hydrogens (tertiary/aromatic N) is 2. The van der Waals surface area contributed by atoms with Crippen molar-refractivity contribution in [3.8, 4) is 5.75 Å². The number of esters is 1. The molecule has 9 nitrogen and oxygen atoms in total. The van der Waals surface area contributed by atoms with Gasteiger partial charge in [0.05, 0.1) is 19.7 Å². The third-order valence-corrected chi connectivity index (χ3v) is 5.22. The first-order chi connectivity index (χ1) is 15.0. The maximum atomic E-state index is 12.1. The van der Waals surface area contributed by atoms with Crippen molar-refractivity contribution in [2.75, 3.05) is 7.11 Å². The van der Waals surface area contributed by atoms with Gasteiger partial charge in [-0.25, -0.2) is 4.79 Å². The number of benzene rings is 2. The van der Waals surface area contributed by atoms with Crippen LogP contribution < -0.4 is 10.1 Å². The summed E-state index contributed by atoms with van der Waals surface area (Å²) in [5, 5.41) is 18.6. The fourth-order valence-electron chi connectivity index (χ4n) is 2.65. The third kappa shape index (κ3) is 6.16. The molecule has 0 radical (unpaired) electrons. The highest BCUT2D eigenvalue weighted by molar-refractivity contribution is 8.15. The number of amides is 1. The van der Waals surface area contributed by atoms with Gasteiger partial charge in [-0.15, -0.1) is 5.10 Å². The topological polar surface area (TPSA) is 127 Å². The zero-order valence-electron chi connectivity index (χ0n) is 16.4. The second kappa shape index (κ2) is 10.4. The zero-order valence-corrected chi connectivity index (χ0v) is 17.2. The summed E-state index contributed by atoms with van der Waals surface area (Å²) in [6.45, 7) is 0. The van der Waals surface area contributed by atoms with Gasteiger partial charge in [0.15, 0.2) is 5.17 Å². The summed E-state index contributed by atoms with van der Waals surface area (Å²) in [7, 11) is 1.30. The van der Waals surface area contributed by atoms with Crippen LogP contribution in [0.15, 0.2) is 64.8 Å². The van der Waals surface area contributed by atoms with Crippen LogP contribution in [0.4, 0.5) is 0 Å². The average molecular weight is 441 g/mol. The molecule has 2 aromatic rings. The molecular formula is C21H19N3O6S. The van der Waals surface area contributed by atoms with Crippen molar-refractivity contribution in [3.05, 3.63) is 65.7 Å². The number of methoxy groups -OCH3 is 1. The second-order valence-electron chi connectivity index (χ2n) is 6.34. The van der Waals surface area contributed by atoms with Crippen molar-refractivity contribution in [2.24, 2.45) is 10.2 Å². The molecule has 1 saturated heterocycles. The first kappa shape index (κ1) is 22.0. The summed E-state index contributed by atoms with van der Waals surface area (Å²) in [5.41, 5.74) is 1.38. The summed E-state index contributed by atoms with van der Waals surface area (Å²) < 4.78 is 10.6. The molecule has 1 heterocycles. The van der Waals surface area contributed by atoms with E-state index in [-0.39, 0.29) is 11.6 Å². The van der Waals surface area contributed by atoms with Gasteiger partial charge in [0.2, 0.25) is 12.0 Å². The van der Waals surface area contributed by atoms with E-state index in [0.29, 0.717) is 16.9 Å². The third-order valence-electron chi connectivity index (χ3n) is 4.14. The number of hydrogen-bond donors (Lipinski definition) is 2. The number of carboxylic acids is 1. The molecular weight excluding hydrogens is 422 g/mol. The van der Waals surface area contributed by atoms with Gasteiger partial charge in [0.1, 0.15) is 11.0 Å². The number of aliphatic carboxylic acids is 1. The van der Waals surface area contributed by atoms with E-state index in [2.05, 4.69) is 15.5 Å². The highest BCUT2D eigenvalue weighted by Crippen LogP contribution is 2.24. The number of amidine groups is 1. The maximum absolute atomic E-state index is 12.1. The van der Waals surface area contributed by atoms with Crippen molar-refractivity contribution in [3.63, 3.8) is 0 Å². The van der Waals surface area contributed by atoms with Crippen molar-refractivity contribution in [2.45, 2.75) is 17.8 Å². The molecule has 160 valence electrons. The Morgan fingerprint density at radius 3 is 2.55 bits per heavy atom. The molecule has 1 amide bonds. The van der Waals surface area contributed by atoms with Crippen molar-refractivity contribution < 1.29 is 29.0 Å². The molecule has 2 aromatic carbocycles. The molecule has 2 atom stereocenters. The van der Waals surface area contributed by atoms with Crippen LogP contribution in [0.1, 0.15) is 23.7 Å². The van der Waals surface area contributed by atoms with Crippen LogP contribution in [0.3, 0.4) is 0 Å². The molecule has 1 aliphatic heterocycles. The molecule has 10 heteroatoms. The van der Waals surface area contributed by atoms with E-state index in [4.69, 9.17) is 14.6 Å². The van der Waals surface area contributed by atoms with Crippen molar-refractivity contribution in [1.82, 2.24) is 5.32 Å².